The smallest absolute Gasteiger partial charge is 0.121 e. The van der Waals surface area contributed by atoms with Crippen molar-refractivity contribution in [2.24, 2.45) is 10.8 Å². The van der Waals surface area contributed by atoms with Crippen molar-refractivity contribution >= 4 is 0 Å². The van der Waals surface area contributed by atoms with Crippen molar-refractivity contribution in [1.82, 2.24) is 0 Å². The highest BCUT2D eigenvalue weighted by Crippen LogP contribution is 2.49. The third-order valence-corrected chi connectivity index (χ3v) is 6.79. The molecule has 0 radical (unpaired) electrons. The van der Waals surface area contributed by atoms with Crippen LogP contribution >= 0.6 is 0 Å². The number of aryl methyl sites for hydroxylation is 2. The lowest BCUT2D eigenvalue weighted by molar-refractivity contribution is 0.307. The molecule has 1 nitrogen and oxygen atoms in total. The summed E-state index contributed by atoms with van der Waals surface area (Å²) in [7, 11) is 0. The molecule has 1 saturated carbocycles. The van der Waals surface area contributed by atoms with Gasteiger partial charge in [-0.3, -0.25) is 0 Å². The van der Waals surface area contributed by atoms with Crippen LogP contribution in [0.2, 0.25) is 0 Å². The number of unbranched alkanes of at least 4 members (excludes halogenated alkanes) is 4. The van der Waals surface area contributed by atoms with E-state index in [1.54, 1.807) is 0 Å². The standard InChI is InChI=1S/C25H42O/c1-5-24(2,3)17-10-7-6-8-13-21-15-12-16-22(23(21)26)14-9-11-18-25(4)19-20-25/h12,15-16,26H,5-11,13-14,17-20H2,1-4H3. The minimum Gasteiger partial charge on any atom is -0.507 e. The summed E-state index contributed by atoms with van der Waals surface area (Å²) in [4.78, 5) is 0. The Bertz CT molecular complexity index is 539. The minimum absolute atomic E-state index is 0.503. The maximum atomic E-state index is 10.6. The first kappa shape index (κ1) is 21.3. The molecule has 2 rings (SSSR count). The van der Waals surface area contributed by atoms with Gasteiger partial charge in [0.1, 0.15) is 5.75 Å². The van der Waals surface area contributed by atoms with Crippen LogP contribution in [0.15, 0.2) is 18.2 Å². The molecule has 0 spiro atoms. The molecule has 1 heteroatoms. The van der Waals surface area contributed by atoms with Gasteiger partial charge in [0.15, 0.2) is 0 Å². The topological polar surface area (TPSA) is 20.2 Å². The minimum atomic E-state index is 0.503. The van der Waals surface area contributed by atoms with Gasteiger partial charge < -0.3 is 5.11 Å². The molecule has 1 fully saturated rings. The Balaban J connectivity index is 1.65. The Morgan fingerprint density at radius 1 is 0.923 bits per heavy atom. The SMILES string of the molecule is CCC(C)(C)CCCCCCc1cccc(CCCCC2(C)CC2)c1O. The molecule has 0 heterocycles. The third-order valence-electron chi connectivity index (χ3n) is 6.79. The van der Waals surface area contributed by atoms with Crippen LogP contribution in [-0.2, 0) is 12.8 Å². The summed E-state index contributed by atoms with van der Waals surface area (Å²) in [5.41, 5.74) is 3.48. The first-order valence-corrected chi connectivity index (χ1v) is 11.1. The van der Waals surface area contributed by atoms with Gasteiger partial charge in [0.05, 0.1) is 0 Å². The zero-order valence-electron chi connectivity index (χ0n) is 17.9. The molecular weight excluding hydrogens is 316 g/mol. The summed E-state index contributed by atoms with van der Waals surface area (Å²) in [5.74, 6) is 0.581. The van der Waals surface area contributed by atoms with Crippen molar-refractivity contribution in [1.29, 1.82) is 0 Å². The lowest BCUT2D eigenvalue weighted by atomic mass is 9.84. The summed E-state index contributed by atoms with van der Waals surface area (Å²) in [6.07, 6.45) is 16.5. The molecule has 1 aromatic rings. The highest BCUT2D eigenvalue weighted by atomic mass is 16.3. The second-order valence-electron chi connectivity index (χ2n) is 9.87. The fourth-order valence-corrected chi connectivity index (χ4v) is 3.83. The van der Waals surface area contributed by atoms with Crippen LogP contribution < -0.4 is 0 Å². The van der Waals surface area contributed by atoms with Crippen molar-refractivity contribution in [2.75, 3.05) is 0 Å². The molecule has 26 heavy (non-hydrogen) atoms. The fraction of sp³-hybridized carbons (Fsp3) is 0.760. The van der Waals surface area contributed by atoms with E-state index in [-0.39, 0.29) is 0 Å². The van der Waals surface area contributed by atoms with Gasteiger partial charge in [0, 0.05) is 0 Å². The van der Waals surface area contributed by atoms with Crippen molar-refractivity contribution in [2.45, 2.75) is 111 Å². The molecule has 0 saturated heterocycles. The van der Waals surface area contributed by atoms with E-state index in [1.807, 2.05) is 0 Å². The van der Waals surface area contributed by atoms with Crippen molar-refractivity contribution < 1.29 is 5.11 Å². The number of phenols is 1. The van der Waals surface area contributed by atoms with Crippen LogP contribution in [0, 0.1) is 10.8 Å². The second kappa shape index (κ2) is 9.81. The van der Waals surface area contributed by atoms with Crippen LogP contribution in [0.4, 0.5) is 0 Å². The van der Waals surface area contributed by atoms with E-state index in [0.29, 0.717) is 16.6 Å². The Kier molecular flexibility index (Phi) is 8.05. The molecule has 148 valence electrons. The zero-order chi connectivity index (χ0) is 19.0. The number of para-hydroxylation sites is 1. The van der Waals surface area contributed by atoms with Crippen molar-refractivity contribution in [3.63, 3.8) is 0 Å². The van der Waals surface area contributed by atoms with E-state index in [1.165, 1.54) is 70.6 Å². The van der Waals surface area contributed by atoms with Gasteiger partial charge in [-0.05, 0) is 73.3 Å². The number of benzene rings is 1. The summed E-state index contributed by atoms with van der Waals surface area (Å²) in [6.45, 7) is 9.46. The molecule has 0 atom stereocenters. The molecule has 0 aromatic heterocycles. The van der Waals surface area contributed by atoms with Crippen LogP contribution in [0.3, 0.4) is 0 Å². The average Bonchev–Trinajstić information content (AvgIpc) is 3.35. The van der Waals surface area contributed by atoms with Crippen LogP contribution in [0.1, 0.15) is 109 Å². The van der Waals surface area contributed by atoms with Crippen LogP contribution in [-0.4, -0.2) is 5.11 Å². The number of rotatable bonds is 13. The summed E-state index contributed by atoms with van der Waals surface area (Å²) in [6, 6.07) is 6.37. The highest BCUT2D eigenvalue weighted by molar-refractivity contribution is 5.40. The van der Waals surface area contributed by atoms with Crippen molar-refractivity contribution in [3.05, 3.63) is 29.3 Å². The van der Waals surface area contributed by atoms with E-state index < -0.39 is 0 Å². The van der Waals surface area contributed by atoms with E-state index in [9.17, 15) is 5.11 Å². The van der Waals surface area contributed by atoms with Crippen LogP contribution in [0.25, 0.3) is 0 Å². The van der Waals surface area contributed by atoms with Gasteiger partial charge in [-0.1, -0.05) is 78.0 Å². The van der Waals surface area contributed by atoms with Gasteiger partial charge in [-0.2, -0.15) is 0 Å². The summed E-state index contributed by atoms with van der Waals surface area (Å²) >= 11 is 0. The molecule has 0 bridgehead atoms. The maximum absolute atomic E-state index is 10.6. The van der Waals surface area contributed by atoms with Gasteiger partial charge in [-0.15, -0.1) is 0 Å². The van der Waals surface area contributed by atoms with Gasteiger partial charge in [0.25, 0.3) is 0 Å². The van der Waals surface area contributed by atoms with E-state index in [2.05, 4.69) is 45.9 Å². The molecule has 0 amide bonds. The molecule has 0 unspecified atom stereocenters. The number of aromatic hydroxyl groups is 1. The maximum Gasteiger partial charge on any atom is 0.121 e. The van der Waals surface area contributed by atoms with Crippen LogP contribution in [0.5, 0.6) is 5.75 Å². The summed E-state index contributed by atoms with van der Waals surface area (Å²) < 4.78 is 0. The number of hydrogen-bond donors (Lipinski definition) is 1. The average molecular weight is 359 g/mol. The molecule has 1 N–H and O–H groups in total. The lowest BCUT2D eigenvalue weighted by Gasteiger charge is -2.22. The Hall–Kier alpha value is -0.980. The first-order valence-electron chi connectivity index (χ1n) is 11.1. The molecule has 1 aliphatic carbocycles. The highest BCUT2D eigenvalue weighted by Gasteiger charge is 2.35. The van der Waals surface area contributed by atoms with E-state index in [0.717, 1.165) is 24.0 Å². The van der Waals surface area contributed by atoms with Crippen molar-refractivity contribution in [3.8, 4) is 5.75 Å². The zero-order valence-corrected chi connectivity index (χ0v) is 17.9. The monoisotopic (exact) mass is 358 g/mol. The molecule has 1 aliphatic rings. The first-order chi connectivity index (χ1) is 12.4. The van der Waals surface area contributed by atoms with E-state index in [4.69, 9.17) is 0 Å². The molecule has 1 aromatic carbocycles. The molecular formula is C25H42O. The predicted octanol–water partition coefficient (Wildman–Crippen LogP) is 7.83. The third kappa shape index (κ3) is 7.33. The normalized spacial score (nSPS) is 16.0. The fourth-order valence-electron chi connectivity index (χ4n) is 3.83. The summed E-state index contributed by atoms with van der Waals surface area (Å²) in [5, 5.41) is 10.6. The second-order valence-corrected chi connectivity index (χ2v) is 9.87. The lowest BCUT2D eigenvalue weighted by Crippen LogP contribution is -2.08. The Morgan fingerprint density at radius 2 is 1.50 bits per heavy atom. The molecule has 0 aliphatic heterocycles. The number of phenolic OH excluding ortho intramolecular Hbond substituents is 1. The van der Waals surface area contributed by atoms with Gasteiger partial charge >= 0.3 is 0 Å². The van der Waals surface area contributed by atoms with Gasteiger partial charge in [0.2, 0.25) is 0 Å². The quantitative estimate of drug-likeness (QED) is 0.356. The Labute approximate surface area is 162 Å². The largest absolute Gasteiger partial charge is 0.507 e. The number of hydrogen-bond acceptors (Lipinski definition) is 1. The Morgan fingerprint density at radius 3 is 2.08 bits per heavy atom. The van der Waals surface area contributed by atoms with Gasteiger partial charge in [-0.25, -0.2) is 0 Å². The predicted molar refractivity (Wildman–Crippen MR) is 114 cm³/mol. The van der Waals surface area contributed by atoms with E-state index >= 15 is 0 Å².